The van der Waals surface area contributed by atoms with Crippen LogP contribution in [0.1, 0.15) is 16.1 Å². The van der Waals surface area contributed by atoms with Crippen LogP contribution < -0.4 is 5.32 Å². The zero-order valence-corrected chi connectivity index (χ0v) is 8.81. The summed E-state index contributed by atoms with van der Waals surface area (Å²) in [4.78, 5) is 10.6. The van der Waals surface area contributed by atoms with Gasteiger partial charge in [0.2, 0.25) is 0 Å². The van der Waals surface area contributed by atoms with E-state index in [9.17, 15) is 9.18 Å². The number of rotatable bonds is 4. The van der Waals surface area contributed by atoms with Crippen LogP contribution in [0.3, 0.4) is 0 Å². The van der Waals surface area contributed by atoms with E-state index in [1.807, 2.05) is 0 Å². The maximum Gasteiger partial charge on any atom is 0.338 e. The van der Waals surface area contributed by atoms with Crippen molar-refractivity contribution in [2.45, 2.75) is 6.54 Å². The van der Waals surface area contributed by atoms with E-state index in [1.165, 1.54) is 24.5 Å². The molecule has 0 aliphatic carbocycles. The summed E-state index contributed by atoms with van der Waals surface area (Å²) >= 11 is 0. The number of carboxylic acid groups (broad SMARTS) is 1. The first-order valence-corrected chi connectivity index (χ1v) is 4.95. The highest BCUT2D eigenvalue weighted by molar-refractivity contribution is 5.87. The number of benzene rings is 1. The third-order valence-corrected chi connectivity index (χ3v) is 2.19. The van der Waals surface area contributed by atoms with Crippen molar-refractivity contribution >= 4 is 11.7 Å². The molecule has 88 valence electrons. The number of nitrogens with one attached hydrogen (secondary N) is 1. The largest absolute Gasteiger partial charge is 0.478 e. The molecule has 0 fully saturated rings. The Labute approximate surface area is 96.7 Å². The van der Waals surface area contributed by atoms with Gasteiger partial charge in [0.1, 0.15) is 17.8 Å². The molecule has 1 heterocycles. The van der Waals surface area contributed by atoms with Gasteiger partial charge in [-0.15, -0.1) is 0 Å². The van der Waals surface area contributed by atoms with Crippen molar-refractivity contribution in [1.29, 1.82) is 0 Å². The van der Waals surface area contributed by atoms with Gasteiger partial charge >= 0.3 is 5.97 Å². The summed E-state index contributed by atoms with van der Waals surface area (Å²) in [6.45, 7) is 0.302. The molecular formula is C12H10FNO3. The lowest BCUT2D eigenvalue weighted by Crippen LogP contribution is -1.98. The molecule has 0 radical (unpaired) electrons. The summed E-state index contributed by atoms with van der Waals surface area (Å²) < 4.78 is 17.9. The zero-order chi connectivity index (χ0) is 12.3. The van der Waals surface area contributed by atoms with Crippen LogP contribution in [0.15, 0.2) is 41.0 Å². The van der Waals surface area contributed by atoms with Gasteiger partial charge in [0.15, 0.2) is 0 Å². The maximum absolute atomic E-state index is 12.9. The minimum absolute atomic E-state index is 0.0982. The molecule has 0 amide bonds. The van der Waals surface area contributed by atoms with E-state index in [-0.39, 0.29) is 11.4 Å². The van der Waals surface area contributed by atoms with Gasteiger partial charge in [-0.1, -0.05) is 6.07 Å². The number of furan rings is 1. The highest BCUT2D eigenvalue weighted by Crippen LogP contribution is 2.13. The average molecular weight is 235 g/mol. The molecule has 17 heavy (non-hydrogen) atoms. The van der Waals surface area contributed by atoms with E-state index in [4.69, 9.17) is 9.52 Å². The van der Waals surface area contributed by atoms with E-state index in [0.29, 0.717) is 18.0 Å². The van der Waals surface area contributed by atoms with Crippen molar-refractivity contribution in [2.24, 2.45) is 0 Å². The molecule has 0 bridgehead atoms. The average Bonchev–Trinajstić information content (AvgIpc) is 2.75. The Morgan fingerprint density at radius 2 is 2.24 bits per heavy atom. The van der Waals surface area contributed by atoms with E-state index in [0.717, 1.165) is 0 Å². The molecular weight excluding hydrogens is 225 g/mol. The van der Waals surface area contributed by atoms with Crippen molar-refractivity contribution in [3.8, 4) is 0 Å². The standard InChI is InChI=1S/C12H10FNO3/c13-9-2-1-3-10(5-9)14-6-11-4-8(7-17-11)12(15)16/h1-5,7,14H,6H2,(H,15,16). The van der Waals surface area contributed by atoms with Gasteiger partial charge in [0.05, 0.1) is 12.1 Å². The quantitative estimate of drug-likeness (QED) is 0.855. The molecule has 2 aromatic rings. The number of anilines is 1. The lowest BCUT2D eigenvalue weighted by molar-refractivity contribution is 0.0696. The topological polar surface area (TPSA) is 62.5 Å². The molecule has 0 aliphatic rings. The molecule has 1 aromatic carbocycles. The van der Waals surface area contributed by atoms with Crippen LogP contribution in [0, 0.1) is 5.82 Å². The van der Waals surface area contributed by atoms with E-state index >= 15 is 0 Å². The predicted octanol–water partition coefficient (Wildman–Crippen LogP) is 2.73. The van der Waals surface area contributed by atoms with E-state index < -0.39 is 5.97 Å². The first-order chi connectivity index (χ1) is 8.15. The molecule has 2 rings (SSSR count). The molecule has 0 spiro atoms. The van der Waals surface area contributed by atoms with Crippen LogP contribution in [0.2, 0.25) is 0 Å². The van der Waals surface area contributed by atoms with Crippen molar-refractivity contribution in [1.82, 2.24) is 0 Å². The normalized spacial score (nSPS) is 10.2. The van der Waals surface area contributed by atoms with Gasteiger partial charge in [0.25, 0.3) is 0 Å². The first kappa shape index (κ1) is 11.2. The number of carboxylic acids is 1. The van der Waals surface area contributed by atoms with Crippen molar-refractivity contribution < 1.29 is 18.7 Å². The fourth-order valence-electron chi connectivity index (χ4n) is 1.37. The minimum atomic E-state index is -1.04. The number of hydrogen-bond donors (Lipinski definition) is 2. The van der Waals surface area contributed by atoms with Gasteiger partial charge in [0, 0.05) is 5.69 Å². The van der Waals surface area contributed by atoms with Gasteiger partial charge in [-0.3, -0.25) is 0 Å². The van der Waals surface area contributed by atoms with Crippen molar-refractivity contribution in [2.75, 3.05) is 5.32 Å². The molecule has 0 saturated heterocycles. The number of hydrogen-bond acceptors (Lipinski definition) is 3. The second kappa shape index (κ2) is 4.69. The van der Waals surface area contributed by atoms with Crippen molar-refractivity contribution in [3.63, 3.8) is 0 Å². The van der Waals surface area contributed by atoms with Crippen molar-refractivity contribution in [3.05, 3.63) is 53.7 Å². The Balaban J connectivity index is 2.00. The monoisotopic (exact) mass is 235 g/mol. The van der Waals surface area contributed by atoms with E-state index in [1.54, 1.807) is 12.1 Å². The molecule has 1 aromatic heterocycles. The molecule has 0 saturated carbocycles. The van der Waals surface area contributed by atoms with Crippen LogP contribution >= 0.6 is 0 Å². The summed E-state index contributed by atoms with van der Waals surface area (Å²) in [5, 5.41) is 11.6. The molecule has 4 nitrogen and oxygen atoms in total. The summed E-state index contributed by atoms with van der Waals surface area (Å²) in [7, 11) is 0. The molecule has 0 unspecified atom stereocenters. The van der Waals surface area contributed by atoms with Crippen LogP contribution in [0.5, 0.6) is 0 Å². The summed E-state index contributed by atoms with van der Waals surface area (Å²) in [5.41, 5.74) is 0.708. The lowest BCUT2D eigenvalue weighted by atomic mass is 10.3. The Bertz CT molecular complexity index is 536. The van der Waals surface area contributed by atoms with E-state index in [2.05, 4.69) is 5.32 Å². The first-order valence-electron chi connectivity index (χ1n) is 4.95. The highest BCUT2D eigenvalue weighted by Gasteiger charge is 2.07. The smallest absolute Gasteiger partial charge is 0.338 e. The SMILES string of the molecule is O=C(O)c1coc(CNc2cccc(F)c2)c1. The fraction of sp³-hybridized carbons (Fsp3) is 0.0833. The van der Waals surface area contributed by atoms with Crippen LogP contribution in [-0.4, -0.2) is 11.1 Å². The van der Waals surface area contributed by atoms with Gasteiger partial charge in [-0.2, -0.15) is 0 Å². The third-order valence-electron chi connectivity index (χ3n) is 2.19. The van der Waals surface area contributed by atoms with Gasteiger partial charge < -0.3 is 14.8 Å². The predicted molar refractivity (Wildman–Crippen MR) is 59.4 cm³/mol. The minimum Gasteiger partial charge on any atom is -0.478 e. The summed E-state index contributed by atoms with van der Waals surface area (Å²) in [6, 6.07) is 7.42. The Kier molecular flexibility index (Phi) is 3.09. The summed E-state index contributed by atoms with van der Waals surface area (Å²) in [6.07, 6.45) is 1.17. The van der Waals surface area contributed by atoms with Crippen LogP contribution in [-0.2, 0) is 6.54 Å². The van der Waals surface area contributed by atoms with Crippen LogP contribution in [0.25, 0.3) is 0 Å². The fourth-order valence-corrected chi connectivity index (χ4v) is 1.37. The Morgan fingerprint density at radius 1 is 1.41 bits per heavy atom. The maximum atomic E-state index is 12.9. The van der Waals surface area contributed by atoms with Gasteiger partial charge in [-0.05, 0) is 24.3 Å². The molecule has 0 atom stereocenters. The number of carbonyl (C=O) groups is 1. The molecule has 2 N–H and O–H groups in total. The highest BCUT2D eigenvalue weighted by atomic mass is 19.1. The third kappa shape index (κ3) is 2.84. The lowest BCUT2D eigenvalue weighted by Gasteiger charge is -2.03. The van der Waals surface area contributed by atoms with Crippen LogP contribution in [0.4, 0.5) is 10.1 Å². The molecule has 0 aliphatic heterocycles. The molecule has 5 heteroatoms. The zero-order valence-electron chi connectivity index (χ0n) is 8.81. The van der Waals surface area contributed by atoms with Gasteiger partial charge in [-0.25, -0.2) is 9.18 Å². The number of halogens is 1. The Hall–Kier alpha value is -2.30. The Morgan fingerprint density at radius 3 is 2.88 bits per heavy atom. The number of aromatic carboxylic acids is 1. The second-order valence-corrected chi connectivity index (χ2v) is 3.47. The summed E-state index contributed by atoms with van der Waals surface area (Å²) in [5.74, 6) is -0.891. The second-order valence-electron chi connectivity index (χ2n) is 3.47.